The molecule has 2 rings (SSSR count). The summed E-state index contributed by atoms with van der Waals surface area (Å²) >= 11 is 11.6. The zero-order valence-corrected chi connectivity index (χ0v) is 15.0. The number of nitrogens with zero attached hydrogens (tertiary/aromatic N) is 2. The SMILES string of the molecule is C[C@H](OC(=O)COc1ccccc1C#N)C(=O)Nc1ncc(Cl)cc1Cl. The molecule has 0 fully saturated rings. The topological polar surface area (TPSA) is 101 Å². The molecule has 7 nitrogen and oxygen atoms in total. The van der Waals surface area contributed by atoms with Crippen molar-refractivity contribution in [2.75, 3.05) is 11.9 Å². The van der Waals surface area contributed by atoms with Crippen molar-refractivity contribution < 1.29 is 19.1 Å². The average molecular weight is 394 g/mol. The first kappa shape index (κ1) is 19.5. The number of carbonyl (C=O) groups is 2. The van der Waals surface area contributed by atoms with Crippen molar-refractivity contribution in [3.05, 3.63) is 52.1 Å². The van der Waals surface area contributed by atoms with E-state index in [1.165, 1.54) is 19.2 Å². The van der Waals surface area contributed by atoms with E-state index in [1.807, 2.05) is 6.07 Å². The number of hydrogen-bond acceptors (Lipinski definition) is 6. The van der Waals surface area contributed by atoms with E-state index in [0.29, 0.717) is 5.02 Å². The van der Waals surface area contributed by atoms with Crippen LogP contribution in [0.5, 0.6) is 5.75 Å². The first-order valence-electron chi connectivity index (χ1n) is 7.34. The number of carbonyl (C=O) groups excluding carboxylic acids is 2. The minimum Gasteiger partial charge on any atom is -0.481 e. The third-order valence-corrected chi connectivity index (χ3v) is 3.57. The van der Waals surface area contributed by atoms with Gasteiger partial charge in [0.1, 0.15) is 11.8 Å². The van der Waals surface area contributed by atoms with Crippen LogP contribution in [0.15, 0.2) is 36.5 Å². The fourth-order valence-corrected chi connectivity index (χ4v) is 2.26. The van der Waals surface area contributed by atoms with Crippen LogP contribution in [0.2, 0.25) is 10.0 Å². The number of benzene rings is 1. The van der Waals surface area contributed by atoms with Crippen LogP contribution in [-0.2, 0) is 14.3 Å². The summed E-state index contributed by atoms with van der Waals surface area (Å²) in [7, 11) is 0. The van der Waals surface area contributed by atoms with E-state index in [-0.39, 0.29) is 22.2 Å². The largest absolute Gasteiger partial charge is 0.481 e. The summed E-state index contributed by atoms with van der Waals surface area (Å²) in [5, 5.41) is 11.9. The standard InChI is InChI=1S/C17H13Cl2N3O4/c1-10(17(24)22-16-13(19)6-12(18)8-21-16)26-15(23)9-25-14-5-3-2-4-11(14)7-20/h2-6,8,10H,9H2,1H3,(H,21,22,24)/t10-/m0/s1. The molecule has 1 heterocycles. The molecule has 0 aliphatic carbocycles. The van der Waals surface area contributed by atoms with E-state index in [2.05, 4.69) is 10.3 Å². The third-order valence-electron chi connectivity index (χ3n) is 3.08. The van der Waals surface area contributed by atoms with Gasteiger partial charge in [-0.1, -0.05) is 35.3 Å². The summed E-state index contributed by atoms with van der Waals surface area (Å²) in [6.07, 6.45) is 0.214. The molecular formula is C17H13Cl2N3O4. The summed E-state index contributed by atoms with van der Waals surface area (Å²) in [6, 6.07) is 9.81. The Kier molecular flexibility index (Phi) is 6.78. The van der Waals surface area contributed by atoms with Gasteiger partial charge in [-0.25, -0.2) is 9.78 Å². The number of ether oxygens (including phenoxy) is 2. The summed E-state index contributed by atoms with van der Waals surface area (Å²) < 4.78 is 10.2. The van der Waals surface area contributed by atoms with Crippen LogP contribution >= 0.6 is 23.2 Å². The van der Waals surface area contributed by atoms with Gasteiger partial charge in [-0.15, -0.1) is 0 Å². The van der Waals surface area contributed by atoms with Crippen LogP contribution in [0.25, 0.3) is 0 Å². The monoisotopic (exact) mass is 393 g/mol. The maximum atomic E-state index is 12.1. The van der Waals surface area contributed by atoms with Gasteiger partial charge in [0.05, 0.1) is 15.6 Å². The maximum Gasteiger partial charge on any atom is 0.344 e. The van der Waals surface area contributed by atoms with E-state index in [1.54, 1.807) is 24.3 Å². The highest BCUT2D eigenvalue weighted by Gasteiger charge is 2.20. The third kappa shape index (κ3) is 5.34. The zero-order valence-electron chi connectivity index (χ0n) is 13.5. The van der Waals surface area contributed by atoms with Gasteiger partial charge < -0.3 is 14.8 Å². The van der Waals surface area contributed by atoms with Crippen LogP contribution in [-0.4, -0.2) is 29.6 Å². The average Bonchev–Trinajstić information content (AvgIpc) is 2.62. The van der Waals surface area contributed by atoms with Crippen LogP contribution in [0.4, 0.5) is 5.82 Å². The van der Waals surface area contributed by atoms with Crippen molar-refractivity contribution in [3.63, 3.8) is 0 Å². The summed E-state index contributed by atoms with van der Waals surface area (Å²) in [5.41, 5.74) is 0.287. The fourth-order valence-electron chi connectivity index (χ4n) is 1.83. The van der Waals surface area contributed by atoms with Gasteiger partial charge >= 0.3 is 5.97 Å². The van der Waals surface area contributed by atoms with Crippen molar-refractivity contribution in [1.29, 1.82) is 5.26 Å². The number of anilines is 1. The smallest absolute Gasteiger partial charge is 0.344 e. The lowest BCUT2D eigenvalue weighted by molar-refractivity contribution is -0.155. The molecule has 1 N–H and O–H groups in total. The normalized spacial score (nSPS) is 11.2. The fraction of sp³-hybridized carbons (Fsp3) is 0.176. The Morgan fingerprint density at radius 2 is 2.08 bits per heavy atom. The molecule has 134 valence electrons. The van der Waals surface area contributed by atoms with Gasteiger partial charge in [0.15, 0.2) is 18.5 Å². The second-order valence-electron chi connectivity index (χ2n) is 5.00. The molecule has 1 aromatic carbocycles. The van der Waals surface area contributed by atoms with Crippen LogP contribution < -0.4 is 10.1 Å². The molecule has 2 aromatic rings. The van der Waals surface area contributed by atoms with E-state index in [0.717, 1.165) is 0 Å². The number of halogens is 2. The number of esters is 1. The highest BCUT2D eigenvalue weighted by Crippen LogP contribution is 2.22. The summed E-state index contributed by atoms with van der Waals surface area (Å²) in [6.45, 7) is 0.941. The Morgan fingerprint density at radius 1 is 1.35 bits per heavy atom. The van der Waals surface area contributed by atoms with Gasteiger partial charge in [0, 0.05) is 6.20 Å². The predicted octanol–water partition coefficient (Wildman–Crippen LogP) is 3.21. The number of nitriles is 1. The van der Waals surface area contributed by atoms with Gasteiger partial charge in [0.2, 0.25) is 0 Å². The lowest BCUT2D eigenvalue weighted by atomic mass is 10.2. The second kappa shape index (κ2) is 9.04. The Labute approximate surface area is 159 Å². The second-order valence-corrected chi connectivity index (χ2v) is 5.85. The molecule has 1 atom stereocenters. The van der Waals surface area contributed by atoms with Crippen molar-refractivity contribution in [3.8, 4) is 11.8 Å². The van der Waals surface area contributed by atoms with Gasteiger partial charge in [-0.2, -0.15) is 5.26 Å². The van der Waals surface area contributed by atoms with Gasteiger partial charge in [-0.05, 0) is 25.1 Å². The molecular weight excluding hydrogens is 381 g/mol. The van der Waals surface area contributed by atoms with Crippen LogP contribution in [0, 0.1) is 11.3 Å². The summed E-state index contributed by atoms with van der Waals surface area (Å²) in [4.78, 5) is 27.8. The lowest BCUT2D eigenvalue weighted by Gasteiger charge is -2.14. The highest BCUT2D eigenvalue weighted by atomic mass is 35.5. The van der Waals surface area contributed by atoms with E-state index in [4.69, 9.17) is 37.9 Å². The minimum absolute atomic E-state index is 0.100. The number of aromatic nitrogens is 1. The maximum absolute atomic E-state index is 12.1. The van der Waals surface area contributed by atoms with Crippen molar-refractivity contribution >= 4 is 40.9 Å². The Morgan fingerprint density at radius 3 is 2.77 bits per heavy atom. The number of rotatable bonds is 6. The first-order chi connectivity index (χ1) is 12.4. The molecule has 0 unspecified atom stereocenters. The highest BCUT2D eigenvalue weighted by molar-refractivity contribution is 6.36. The number of hydrogen-bond donors (Lipinski definition) is 1. The van der Waals surface area contributed by atoms with E-state index >= 15 is 0 Å². The molecule has 0 aliphatic rings. The minimum atomic E-state index is -1.11. The molecule has 0 saturated heterocycles. The molecule has 0 saturated carbocycles. The van der Waals surface area contributed by atoms with Crippen LogP contribution in [0.3, 0.4) is 0 Å². The molecule has 0 spiro atoms. The zero-order chi connectivity index (χ0) is 19.1. The number of amides is 1. The Balaban J connectivity index is 1.88. The molecule has 0 bridgehead atoms. The number of pyridine rings is 1. The molecule has 9 heteroatoms. The molecule has 1 aromatic heterocycles. The molecule has 0 radical (unpaired) electrons. The number of nitrogens with one attached hydrogen (secondary N) is 1. The van der Waals surface area contributed by atoms with Gasteiger partial charge in [-0.3, -0.25) is 4.79 Å². The predicted molar refractivity (Wildman–Crippen MR) is 95.1 cm³/mol. The summed E-state index contributed by atoms with van der Waals surface area (Å²) in [5.74, 6) is -1.03. The van der Waals surface area contributed by atoms with E-state index < -0.39 is 24.6 Å². The van der Waals surface area contributed by atoms with E-state index in [9.17, 15) is 9.59 Å². The first-order valence-corrected chi connectivity index (χ1v) is 8.09. The molecule has 0 aliphatic heterocycles. The Bertz CT molecular complexity index is 867. The van der Waals surface area contributed by atoms with Crippen molar-refractivity contribution in [2.24, 2.45) is 0 Å². The number of para-hydroxylation sites is 1. The molecule has 26 heavy (non-hydrogen) atoms. The van der Waals surface area contributed by atoms with Gasteiger partial charge in [0.25, 0.3) is 5.91 Å². The van der Waals surface area contributed by atoms with Crippen LogP contribution in [0.1, 0.15) is 12.5 Å². The quantitative estimate of drug-likeness (QED) is 0.755. The molecule has 1 amide bonds. The van der Waals surface area contributed by atoms with Crippen molar-refractivity contribution in [1.82, 2.24) is 4.98 Å². The van der Waals surface area contributed by atoms with Crippen molar-refractivity contribution in [2.45, 2.75) is 13.0 Å². The Hall–Kier alpha value is -2.82. The lowest BCUT2D eigenvalue weighted by Crippen LogP contribution is -2.32.